The third-order valence-electron chi connectivity index (χ3n) is 4.09. The van der Waals surface area contributed by atoms with Crippen LogP contribution in [0.25, 0.3) is 0 Å². The van der Waals surface area contributed by atoms with Crippen molar-refractivity contribution in [1.82, 2.24) is 4.31 Å². The molecule has 0 aromatic heterocycles. The summed E-state index contributed by atoms with van der Waals surface area (Å²) >= 11 is 0. The molecule has 5 heteroatoms. The van der Waals surface area contributed by atoms with Gasteiger partial charge in [0.1, 0.15) is 0 Å². The molecule has 2 unspecified atom stereocenters. The highest BCUT2D eigenvalue weighted by atomic mass is 32.2. The summed E-state index contributed by atoms with van der Waals surface area (Å²) in [6, 6.07) is 6.30. The van der Waals surface area contributed by atoms with Crippen LogP contribution in [0.4, 0.5) is 0 Å². The van der Waals surface area contributed by atoms with Crippen molar-refractivity contribution in [3.8, 4) is 0 Å². The molecule has 0 saturated carbocycles. The fraction of sp³-hybridized carbons (Fsp3) is 0.400. The lowest BCUT2D eigenvalue weighted by atomic mass is 10.2. The monoisotopic (exact) mass is 291 g/mol. The van der Waals surface area contributed by atoms with E-state index in [4.69, 9.17) is 0 Å². The Kier molecular flexibility index (Phi) is 3.26. The first-order chi connectivity index (χ1) is 9.50. The minimum Gasteiger partial charge on any atom is -0.295 e. The van der Waals surface area contributed by atoms with E-state index in [-0.39, 0.29) is 22.8 Å². The van der Waals surface area contributed by atoms with Crippen LogP contribution in [-0.4, -0.2) is 30.6 Å². The average Bonchev–Trinajstić information content (AvgIpc) is 2.70. The summed E-state index contributed by atoms with van der Waals surface area (Å²) in [5, 5.41) is 0. The first kappa shape index (κ1) is 13.5. The number of Topliss-reactive ketones (excluding diaryl/α,β-unsaturated/α-hetero) is 1. The number of benzene rings is 1. The molecule has 4 nitrogen and oxygen atoms in total. The minimum absolute atomic E-state index is 0.00812. The van der Waals surface area contributed by atoms with Gasteiger partial charge in [-0.2, -0.15) is 4.31 Å². The number of carbonyl (C=O) groups excluding carboxylic acids is 1. The first-order valence-electron chi connectivity index (χ1n) is 6.81. The van der Waals surface area contributed by atoms with Crippen LogP contribution in [0.15, 0.2) is 41.3 Å². The lowest BCUT2D eigenvalue weighted by Gasteiger charge is -2.30. The Morgan fingerprint density at radius 1 is 1.20 bits per heavy atom. The molecular weight excluding hydrogens is 274 g/mol. The van der Waals surface area contributed by atoms with Gasteiger partial charge in [0, 0.05) is 17.6 Å². The van der Waals surface area contributed by atoms with E-state index in [9.17, 15) is 13.2 Å². The lowest BCUT2D eigenvalue weighted by molar-refractivity contribution is 0.101. The van der Waals surface area contributed by atoms with Gasteiger partial charge in [-0.25, -0.2) is 8.42 Å². The van der Waals surface area contributed by atoms with Crippen molar-refractivity contribution < 1.29 is 13.2 Å². The van der Waals surface area contributed by atoms with Gasteiger partial charge >= 0.3 is 0 Å². The van der Waals surface area contributed by atoms with Crippen molar-refractivity contribution in [2.24, 2.45) is 0 Å². The summed E-state index contributed by atoms with van der Waals surface area (Å²) in [6.45, 7) is 1.47. The fourth-order valence-electron chi connectivity index (χ4n) is 3.04. The predicted molar refractivity (Wildman–Crippen MR) is 76.0 cm³/mol. The minimum atomic E-state index is -3.47. The highest BCUT2D eigenvalue weighted by molar-refractivity contribution is 7.89. The summed E-state index contributed by atoms with van der Waals surface area (Å²) in [4.78, 5) is 11.5. The van der Waals surface area contributed by atoms with Crippen LogP contribution >= 0.6 is 0 Å². The largest absolute Gasteiger partial charge is 0.295 e. The summed E-state index contributed by atoms with van der Waals surface area (Å²) in [7, 11) is -3.47. The molecule has 2 heterocycles. The Hall–Kier alpha value is -1.46. The van der Waals surface area contributed by atoms with Crippen LogP contribution in [0, 0.1) is 0 Å². The Labute approximate surface area is 119 Å². The van der Waals surface area contributed by atoms with Gasteiger partial charge in [0.25, 0.3) is 0 Å². The van der Waals surface area contributed by atoms with Gasteiger partial charge in [-0.3, -0.25) is 4.79 Å². The van der Waals surface area contributed by atoms with E-state index < -0.39 is 10.0 Å². The molecule has 2 aliphatic heterocycles. The predicted octanol–water partition coefficient (Wildman–Crippen LogP) is 2.37. The molecule has 2 bridgehead atoms. The van der Waals surface area contributed by atoms with E-state index in [0.717, 1.165) is 19.3 Å². The molecule has 0 aliphatic carbocycles. The van der Waals surface area contributed by atoms with Crippen molar-refractivity contribution >= 4 is 15.8 Å². The second-order valence-corrected chi connectivity index (χ2v) is 7.22. The molecule has 1 fully saturated rings. The van der Waals surface area contributed by atoms with Gasteiger partial charge in [0.2, 0.25) is 10.0 Å². The van der Waals surface area contributed by atoms with E-state index in [0.29, 0.717) is 5.56 Å². The second kappa shape index (κ2) is 4.82. The molecule has 1 aromatic carbocycles. The maximum Gasteiger partial charge on any atom is 0.243 e. The van der Waals surface area contributed by atoms with E-state index in [1.165, 1.54) is 19.1 Å². The van der Waals surface area contributed by atoms with Gasteiger partial charge in [0.15, 0.2) is 5.78 Å². The number of ketones is 1. The standard InChI is InChI=1S/C15H17NO3S/c1-11(17)12-5-9-15(10-6-12)20(18,19)16-13-3-2-4-14(16)8-7-13/h2-3,5-6,9-10,13-14H,4,7-8H2,1H3. The molecule has 106 valence electrons. The Bertz CT molecular complexity index is 661. The quantitative estimate of drug-likeness (QED) is 0.634. The number of nitrogens with zero attached hydrogens (tertiary/aromatic N) is 1. The smallest absolute Gasteiger partial charge is 0.243 e. The third-order valence-corrected chi connectivity index (χ3v) is 6.08. The maximum absolute atomic E-state index is 12.7. The molecule has 20 heavy (non-hydrogen) atoms. The molecule has 2 atom stereocenters. The Morgan fingerprint density at radius 3 is 2.50 bits per heavy atom. The molecule has 3 rings (SSSR count). The van der Waals surface area contributed by atoms with Crippen molar-refractivity contribution in [2.45, 2.75) is 43.2 Å². The van der Waals surface area contributed by atoms with Crippen LogP contribution in [0.3, 0.4) is 0 Å². The van der Waals surface area contributed by atoms with E-state index in [1.807, 2.05) is 6.08 Å². The molecule has 0 amide bonds. The van der Waals surface area contributed by atoms with Crippen LogP contribution < -0.4 is 0 Å². The summed E-state index contributed by atoms with van der Waals surface area (Å²) in [6.07, 6.45) is 6.67. The van der Waals surface area contributed by atoms with Crippen LogP contribution in [0.2, 0.25) is 0 Å². The van der Waals surface area contributed by atoms with Gasteiger partial charge in [-0.1, -0.05) is 24.3 Å². The highest BCUT2D eigenvalue weighted by Gasteiger charge is 2.42. The zero-order valence-corrected chi connectivity index (χ0v) is 12.1. The van der Waals surface area contributed by atoms with Gasteiger partial charge < -0.3 is 0 Å². The van der Waals surface area contributed by atoms with E-state index in [2.05, 4.69) is 6.08 Å². The number of fused-ring (bicyclic) bond motifs is 2. The SMILES string of the molecule is CC(=O)c1ccc(S(=O)(=O)N2C3C=CCC2CC3)cc1. The normalized spacial score (nSPS) is 25.9. The molecule has 1 saturated heterocycles. The van der Waals surface area contributed by atoms with Gasteiger partial charge in [-0.05, 0) is 38.3 Å². The average molecular weight is 291 g/mol. The van der Waals surface area contributed by atoms with Crippen LogP contribution in [0.1, 0.15) is 36.5 Å². The van der Waals surface area contributed by atoms with Crippen molar-refractivity contribution in [3.05, 3.63) is 42.0 Å². The second-order valence-electron chi connectivity index (χ2n) is 5.38. The molecule has 2 aliphatic rings. The van der Waals surface area contributed by atoms with Gasteiger partial charge in [0.05, 0.1) is 4.90 Å². The summed E-state index contributed by atoms with van der Waals surface area (Å²) in [5.41, 5.74) is 0.533. The zero-order valence-electron chi connectivity index (χ0n) is 11.3. The Balaban J connectivity index is 1.96. The number of rotatable bonds is 3. The summed E-state index contributed by atoms with van der Waals surface area (Å²) < 4.78 is 27.1. The van der Waals surface area contributed by atoms with E-state index >= 15 is 0 Å². The van der Waals surface area contributed by atoms with Gasteiger partial charge in [-0.15, -0.1) is 0 Å². The van der Waals surface area contributed by atoms with Crippen LogP contribution in [-0.2, 0) is 10.0 Å². The third kappa shape index (κ3) is 2.11. The van der Waals surface area contributed by atoms with Crippen LogP contribution in [0.5, 0.6) is 0 Å². The summed E-state index contributed by atoms with van der Waals surface area (Å²) in [5.74, 6) is -0.0603. The Morgan fingerprint density at radius 2 is 1.90 bits per heavy atom. The lowest BCUT2D eigenvalue weighted by Crippen LogP contribution is -2.41. The molecule has 1 aromatic rings. The number of hydrogen-bond donors (Lipinski definition) is 0. The van der Waals surface area contributed by atoms with Crippen molar-refractivity contribution in [1.29, 1.82) is 0 Å². The fourth-order valence-corrected chi connectivity index (χ4v) is 4.88. The first-order valence-corrected chi connectivity index (χ1v) is 8.25. The van der Waals surface area contributed by atoms with Crippen molar-refractivity contribution in [3.63, 3.8) is 0 Å². The number of hydrogen-bond acceptors (Lipinski definition) is 3. The topological polar surface area (TPSA) is 54.5 Å². The zero-order chi connectivity index (χ0) is 14.3. The highest BCUT2D eigenvalue weighted by Crippen LogP contribution is 2.36. The molecule has 0 radical (unpaired) electrons. The molecule has 0 spiro atoms. The number of sulfonamides is 1. The number of carbonyl (C=O) groups is 1. The van der Waals surface area contributed by atoms with E-state index in [1.54, 1.807) is 16.4 Å². The molecule has 0 N–H and O–H groups in total. The maximum atomic E-state index is 12.7. The molecular formula is C15H17NO3S. The van der Waals surface area contributed by atoms with Crippen molar-refractivity contribution in [2.75, 3.05) is 0 Å².